The molecule has 0 radical (unpaired) electrons. The van der Waals surface area contributed by atoms with Gasteiger partial charge < -0.3 is 0 Å². The van der Waals surface area contributed by atoms with E-state index in [1.165, 1.54) is 61.4 Å². The van der Waals surface area contributed by atoms with Crippen LogP contribution in [0.3, 0.4) is 0 Å². The first-order chi connectivity index (χ1) is 9.22. The second kappa shape index (κ2) is 9.79. The third-order valence-corrected chi connectivity index (χ3v) is 4.40. The van der Waals surface area contributed by atoms with Crippen LogP contribution in [0.2, 0.25) is 0 Å². The van der Waals surface area contributed by atoms with Crippen molar-refractivity contribution in [1.82, 2.24) is 0 Å². The summed E-state index contributed by atoms with van der Waals surface area (Å²) in [6.45, 7) is 6.87. The fourth-order valence-corrected chi connectivity index (χ4v) is 3.36. The van der Waals surface area contributed by atoms with Gasteiger partial charge in [0.15, 0.2) is 0 Å². The maximum Gasteiger partial charge on any atom is 0.0135 e. The van der Waals surface area contributed by atoms with Gasteiger partial charge in [-0.3, -0.25) is 0 Å². The highest BCUT2D eigenvalue weighted by Crippen LogP contribution is 2.24. The van der Waals surface area contributed by atoms with Crippen LogP contribution in [-0.2, 0) is 19.3 Å². The van der Waals surface area contributed by atoms with E-state index in [0.29, 0.717) is 0 Å². The Hall–Kier alpha value is -0.0500. The molecule has 0 aliphatic rings. The minimum Gasteiger partial charge on any atom is -0.0654 e. The van der Waals surface area contributed by atoms with E-state index in [1.54, 1.807) is 16.7 Å². The van der Waals surface area contributed by atoms with E-state index in [0.717, 1.165) is 0 Å². The minimum atomic E-state index is 1.27. The lowest BCUT2D eigenvalue weighted by Crippen LogP contribution is -2.03. The molecule has 0 amide bonds. The Kier molecular flexibility index (Phi) is 8.76. The minimum absolute atomic E-state index is 1.27. The van der Waals surface area contributed by atoms with Gasteiger partial charge in [-0.25, -0.2) is 0 Å². The summed E-state index contributed by atoms with van der Waals surface area (Å²) < 4.78 is 1.43. The summed E-state index contributed by atoms with van der Waals surface area (Å²) in [6, 6.07) is 4.85. The first-order valence-electron chi connectivity index (χ1n) is 8.03. The third-order valence-electron chi connectivity index (χ3n) is 3.78. The molecule has 0 aliphatic heterocycles. The van der Waals surface area contributed by atoms with Gasteiger partial charge in [0.1, 0.15) is 0 Å². The molecular formula is C18H29I. The normalized spacial score (nSPS) is 10.9. The van der Waals surface area contributed by atoms with Gasteiger partial charge in [-0.2, -0.15) is 0 Å². The lowest BCUT2D eigenvalue weighted by atomic mass is 9.91. The van der Waals surface area contributed by atoms with E-state index >= 15 is 0 Å². The molecule has 0 N–H and O–H groups in total. The molecule has 0 atom stereocenters. The van der Waals surface area contributed by atoms with E-state index in [9.17, 15) is 0 Å². The largest absolute Gasteiger partial charge is 0.0654 e. The average molecular weight is 372 g/mol. The van der Waals surface area contributed by atoms with Gasteiger partial charge in [-0.05, 0) is 89.9 Å². The fourth-order valence-electron chi connectivity index (χ4n) is 2.61. The predicted molar refractivity (Wildman–Crippen MR) is 95.0 cm³/mol. The topological polar surface area (TPSA) is 0 Å². The molecule has 0 unspecified atom stereocenters. The van der Waals surface area contributed by atoms with Gasteiger partial charge in [-0.15, -0.1) is 0 Å². The van der Waals surface area contributed by atoms with E-state index in [4.69, 9.17) is 0 Å². The lowest BCUT2D eigenvalue weighted by Gasteiger charge is -2.16. The Labute approximate surface area is 133 Å². The summed E-state index contributed by atoms with van der Waals surface area (Å²) >= 11 is 2.49. The molecule has 0 saturated heterocycles. The summed E-state index contributed by atoms with van der Waals surface area (Å²) in [5, 5.41) is 0. The lowest BCUT2D eigenvalue weighted by molar-refractivity contribution is 0.734. The number of rotatable bonds is 9. The first-order valence-corrected chi connectivity index (χ1v) is 9.10. The Bertz CT molecular complexity index is 339. The monoisotopic (exact) mass is 372 g/mol. The van der Waals surface area contributed by atoms with Crippen LogP contribution >= 0.6 is 22.6 Å². The van der Waals surface area contributed by atoms with E-state index in [2.05, 4.69) is 55.5 Å². The highest BCUT2D eigenvalue weighted by Gasteiger charge is 2.09. The number of aryl methyl sites for hydroxylation is 2. The molecule has 0 bridgehead atoms. The van der Waals surface area contributed by atoms with Crippen molar-refractivity contribution in [3.05, 3.63) is 32.4 Å². The molecule has 0 aliphatic carbocycles. The van der Waals surface area contributed by atoms with Gasteiger partial charge in [0.25, 0.3) is 0 Å². The van der Waals surface area contributed by atoms with Gasteiger partial charge in [0.05, 0.1) is 0 Å². The molecule has 1 aromatic rings. The van der Waals surface area contributed by atoms with Crippen LogP contribution in [0.4, 0.5) is 0 Å². The molecule has 1 heteroatoms. The van der Waals surface area contributed by atoms with Crippen molar-refractivity contribution in [2.75, 3.05) is 0 Å². The summed E-state index contributed by atoms with van der Waals surface area (Å²) in [5.41, 5.74) is 4.95. The van der Waals surface area contributed by atoms with Gasteiger partial charge in [-0.1, -0.05) is 40.0 Å². The maximum atomic E-state index is 2.49. The van der Waals surface area contributed by atoms with Gasteiger partial charge in [0, 0.05) is 3.57 Å². The van der Waals surface area contributed by atoms with Crippen LogP contribution in [0.15, 0.2) is 12.1 Å². The van der Waals surface area contributed by atoms with E-state index in [-0.39, 0.29) is 0 Å². The highest BCUT2D eigenvalue weighted by molar-refractivity contribution is 14.1. The number of hydrogen-bond acceptors (Lipinski definition) is 0. The zero-order chi connectivity index (χ0) is 14.1. The third kappa shape index (κ3) is 5.85. The van der Waals surface area contributed by atoms with Crippen molar-refractivity contribution in [2.45, 2.75) is 78.6 Å². The molecule has 0 fully saturated rings. The number of hydrogen-bond donors (Lipinski definition) is 0. The molecule has 108 valence electrons. The summed E-state index contributed by atoms with van der Waals surface area (Å²) in [4.78, 5) is 0. The molecule has 1 rings (SSSR count). The Morgan fingerprint density at radius 1 is 0.737 bits per heavy atom. The predicted octanol–water partition coefficient (Wildman–Crippen LogP) is 6.32. The fraction of sp³-hybridized carbons (Fsp3) is 0.667. The molecule has 1 aromatic carbocycles. The second-order valence-electron chi connectivity index (χ2n) is 5.51. The summed E-state index contributed by atoms with van der Waals surface area (Å²) in [5.74, 6) is 0. The zero-order valence-electron chi connectivity index (χ0n) is 12.9. The van der Waals surface area contributed by atoms with Crippen molar-refractivity contribution in [3.8, 4) is 0 Å². The van der Waals surface area contributed by atoms with Crippen molar-refractivity contribution < 1.29 is 0 Å². The van der Waals surface area contributed by atoms with Gasteiger partial charge >= 0.3 is 0 Å². The Morgan fingerprint density at radius 2 is 1.16 bits per heavy atom. The molecule has 0 spiro atoms. The Morgan fingerprint density at radius 3 is 1.58 bits per heavy atom. The SMILES string of the molecule is CCCCc1cc(I)cc(CCCC)c1CCCC. The van der Waals surface area contributed by atoms with Crippen LogP contribution in [0.25, 0.3) is 0 Å². The van der Waals surface area contributed by atoms with Crippen LogP contribution in [0, 0.1) is 3.57 Å². The molecule has 0 nitrogen and oxygen atoms in total. The standard InChI is InChI=1S/C18H29I/c1-4-7-10-15-13-17(19)14-16(11-8-5-2)18(15)12-9-6-3/h13-14H,4-12H2,1-3H3. The zero-order valence-corrected chi connectivity index (χ0v) is 15.1. The number of unbranched alkanes of at least 4 members (excludes halogenated alkanes) is 3. The van der Waals surface area contributed by atoms with Crippen molar-refractivity contribution in [1.29, 1.82) is 0 Å². The van der Waals surface area contributed by atoms with E-state index < -0.39 is 0 Å². The molecule has 0 saturated carbocycles. The molecular weight excluding hydrogens is 343 g/mol. The quantitative estimate of drug-likeness (QED) is 0.445. The van der Waals surface area contributed by atoms with Crippen molar-refractivity contribution >= 4 is 22.6 Å². The summed E-state index contributed by atoms with van der Waals surface area (Å²) in [6.07, 6.45) is 11.7. The second-order valence-corrected chi connectivity index (χ2v) is 6.76. The first kappa shape index (κ1) is 17.0. The molecule has 0 aromatic heterocycles. The molecule has 0 heterocycles. The molecule has 19 heavy (non-hydrogen) atoms. The van der Waals surface area contributed by atoms with E-state index in [1.807, 2.05) is 0 Å². The van der Waals surface area contributed by atoms with Crippen LogP contribution in [-0.4, -0.2) is 0 Å². The van der Waals surface area contributed by atoms with Crippen LogP contribution in [0.1, 0.15) is 76.0 Å². The number of benzene rings is 1. The maximum absolute atomic E-state index is 2.49. The summed E-state index contributed by atoms with van der Waals surface area (Å²) in [7, 11) is 0. The van der Waals surface area contributed by atoms with Crippen LogP contribution in [0.5, 0.6) is 0 Å². The highest BCUT2D eigenvalue weighted by atomic mass is 127. The number of halogens is 1. The smallest absolute Gasteiger partial charge is 0.0135 e. The van der Waals surface area contributed by atoms with Crippen molar-refractivity contribution in [2.24, 2.45) is 0 Å². The van der Waals surface area contributed by atoms with Crippen LogP contribution < -0.4 is 0 Å². The average Bonchev–Trinajstić information content (AvgIpc) is 2.41. The van der Waals surface area contributed by atoms with Crippen molar-refractivity contribution in [3.63, 3.8) is 0 Å². The van der Waals surface area contributed by atoms with Gasteiger partial charge in [0.2, 0.25) is 0 Å². The Balaban J connectivity index is 2.99.